The number of amides is 2. The monoisotopic (exact) mass is 522 g/mol. The molecule has 0 aliphatic carbocycles. The van der Waals surface area contributed by atoms with Gasteiger partial charge in [0.1, 0.15) is 5.75 Å². The molecule has 0 atom stereocenters. The highest BCUT2D eigenvalue weighted by atomic mass is 16.5. The third-order valence-electron chi connectivity index (χ3n) is 6.53. The number of carbonyl (C=O) groups excluding carboxylic acids is 2. The Labute approximate surface area is 227 Å². The summed E-state index contributed by atoms with van der Waals surface area (Å²) in [5, 5.41) is 5.98. The number of nitrogens with one attached hydrogen (secondary N) is 2. The van der Waals surface area contributed by atoms with Crippen molar-refractivity contribution in [2.45, 2.75) is 6.92 Å². The summed E-state index contributed by atoms with van der Waals surface area (Å²) < 4.78 is 5.25. The molecular formula is C30H30N6O3. The van der Waals surface area contributed by atoms with Crippen LogP contribution in [0.25, 0.3) is 11.3 Å². The van der Waals surface area contributed by atoms with Crippen molar-refractivity contribution in [3.8, 4) is 17.0 Å². The van der Waals surface area contributed by atoms with Crippen LogP contribution in [0.2, 0.25) is 0 Å². The van der Waals surface area contributed by atoms with E-state index in [2.05, 4.69) is 25.5 Å². The molecule has 5 rings (SSSR count). The number of piperazine rings is 1. The van der Waals surface area contributed by atoms with Crippen LogP contribution in [0.1, 0.15) is 17.3 Å². The van der Waals surface area contributed by atoms with Crippen molar-refractivity contribution in [1.82, 2.24) is 14.9 Å². The molecule has 0 radical (unpaired) electrons. The van der Waals surface area contributed by atoms with Gasteiger partial charge >= 0.3 is 0 Å². The summed E-state index contributed by atoms with van der Waals surface area (Å²) in [7, 11) is 1.66. The number of rotatable bonds is 7. The molecule has 39 heavy (non-hydrogen) atoms. The van der Waals surface area contributed by atoms with Crippen molar-refractivity contribution in [3.05, 3.63) is 90.6 Å². The fraction of sp³-hybridized carbons (Fsp3) is 0.200. The van der Waals surface area contributed by atoms with Crippen molar-refractivity contribution in [2.24, 2.45) is 0 Å². The highest BCUT2D eigenvalue weighted by Crippen LogP contribution is 2.24. The molecule has 9 nitrogen and oxygen atoms in total. The molecule has 1 aromatic heterocycles. The third kappa shape index (κ3) is 6.32. The van der Waals surface area contributed by atoms with Crippen LogP contribution in [0.15, 0.2) is 85.1 Å². The third-order valence-corrected chi connectivity index (χ3v) is 6.53. The molecule has 0 spiro atoms. The maximum atomic E-state index is 13.3. The smallest absolute Gasteiger partial charge is 0.254 e. The van der Waals surface area contributed by atoms with Crippen LogP contribution in [0, 0.1) is 0 Å². The maximum Gasteiger partial charge on any atom is 0.254 e. The average molecular weight is 523 g/mol. The van der Waals surface area contributed by atoms with Crippen molar-refractivity contribution in [3.63, 3.8) is 0 Å². The van der Waals surface area contributed by atoms with Crippen LogP contribution < -0.4 is 20.3 Å². The highest BCUT2D eigenvalue weighted by Gasteiger charge is 2.22. The Kier molecular flexibility index (Phi) is 7.68. The number of hydrogen-bond acceptors (Lipinski definition) is 7. The van der Waals surface area contributed by atoms with Crippen LogP contribution >= 0.6 is 0 Å². The van der Waals surface area contributed by atoms with Gasteiger partial charge in [0, 0.05) is 67.5 Å². The highest BCUT2D eigenvalue weighted by molar-refractivity contribution is 5.95. The van der Waals surface area contributed by atoms with Gasteiger partial charge in [0.05, 0.1) is 12.8 Å². The summed E-state index contributed by atoms with van der Waals surface area (Å²) in [5.41, 5.74) is 4.83. The molecule has 1 aliphatic heterocycles. The quantitative estimate of drug-likeness (QED) is 0.359. The Balaban J connectivity index is 1.22. The summed E-state index contributed by atoms with van der Waals surface area (Å²) in [6, 6.07) is 24.7. The molecule has 2 heterocycles. The fourth-order valence-electron chi connectivity index (χ4n) is 4.51. The van der Waals surface area contributed by atoms with Crippen molar-refractivity contribution in [1.29, 1.82) is 0 Å². The van der Waals surface area contributed by atoms with E-state index in [4.69, 9.17) is 4.74 Å². The van der Waals surface area contributed by atoms with Gasteiger partial charge in [0.15, 0.2) is 0 Å². The molecule has 3 aromatic carbocycles. The van der Waals surface area contributed by atoms with Crippen LogP contribution in [0.3, 0.4) is 0 Å². The molecule has 1 saturated heterocycles. The molecule has 0 unspecified atom stereocenters. The lowest BCUT2D eigenvalue weighted by Crippen LogP contribution is -2.48. The van der Waals surface area contributed by atoms with Gasteiger partial charge in [0.25, 0.3) is 5.91 Å². The first-order valence-electron chi connectivity index (χ1n) is 12.7. The zero-order chi connectivity index (χ0) is 27.2. The minimum atomic E-state index is -0.118. The summed E-state index contributed by atoms with van der Waals surface area (Å²) >= 11 is 0. The van der Waals surface area contributed by atoms with Gasteiger partial charge in [0.2, 0.25) is 11.9 Å². The molecule has 0 saturated carbocycles. The Bertz CT molecular complexity index is 1450. The average Bonchev–Trinajstić information content (AvgIpc) is 2.97. The van der Waals surface area contributed by atoms with Gasteiger partial charge in [-0.2, -0.15) is 0 Å². The standard InChI is InChI=1S/C30H30N6O3/c1-21(37)32-24-8-6-22(7-9-24)28-14-15-31-30(34-28)33-25-5-3-4-23(20-25)29(38)36-18-16-35(17-19-36)26-10-12-27(39-2)13-11-26/h3-15,20H,16-19H2,1-2H3,(H,32,37)(H,31,33,34). The van der Waals surface area contributed by atoms with Gasteiger partial charge < -0.3 is 25.2 Å². The van der Waals surface area contributed by atoms with E-state index >= 15 is 0 Å². The number of aromatic nitrogens is 2. The lowest BCUT2D eigenvalue weighted by Gasteiger charge is -2.36. The molecular weight excluding hydrogens is 492 g/mol. The second-order valence-electron chi connectivity index (χ2n) is 9.21. The molecule has 2 N–H and O–H groups in total. The first-order valence-corrected chi connectivity index (χ1v) is 12.7. The first-order chi connectivity index (χ1) is 19.0. The van der Waals surface area contributed by atoms with Gasteiger partial charge in [-0.3, -0.25) is 9.59 Å². The number of carbonyl (C=O) groups is 2. The summed E-state index contributed by atoms with van der Waals surface area (Å²) in [5.74, 6) is 1.14. The molecule has 1 fully saturated rings. The number of ether oxygens (including phenoxy) is 1. The van der Waals surface area contributed by atoms with E-state index in [-0.39, 0.29) is 11.8 Å². The van der Waals surface area contributed by atoms with E-state index in [1.54, 1.807) is 13.3 Å². The van der Waals surface area contributed by atoms with Gasteiger partial charge in [-0.05, 0) is 60.7 Å². The van der Waals surface area contributed by atoms with E-state index in [1.807, 2.05) is 83.8 Å². The van der Waals surface area contributed by atoms with E-state index in [1.165, 1.54) is 6.92 Å². The molecule has 9 heteroatoms. The lowest BCUT2D eigenvalue weighted by molar-refractivity contribution is -0.114. The zero-order valence-corrected chi connectivity index (χ0v) is 21.9. The molecule has 2 amide bonds. The Morgan fingerprint density at radius 3 is 2.31 bits per heavy atom. The van der Waals surface area contributed by atoms with Crippen LogP contribution in [0.5, 0.6) is 5.75 Å². The van der Waals surface area contributed by atoms with Gasteiger partial charge in [-0.15, -0.1) is 0 Å². The summed E-state index contributed by atoms with van der Waals surface area (Å²) in [4.78, 5) is 37.7. The van der Waals surface area contributed by atoms with E-state index in [0.29, 0.717) is 24.6 Å². The maximum absolute atomic E-state index is 13.3. The fourth-order valence-corrected chi connectivity index (χ4v) is 4.51. The predicted octanol–water partition coefficient (Wildman–Crippen LogP) is 4.82. The minimum absolute atomic E-state index is 0.00181. The molecule has 1 aliphatic rings. The van der Waals surface area contributed by atoms with Crippen LogP contribution in [-0.4, -0.2) is 60.0 Å². The summed E-state index contributed by atoms with van der Waals surface area (Å²) in [6.07, 6.45) is 1.68. The number of methoxy groups -OCH3 is 1. The Morgan fingerprint density at radius 1 is 0.872 bits per heavy atom. The molecule has 0 bridgehead atoms. The van der Waals surface area contributed by atoms with Crippen molar-refractivity contribution < 1.29 is 14.3 Å². The summed E-state index contributed by atoms with van der Waals surface area (Å²) in [6.45, 7) is 4.30. The van der Waals surface area contributed by atoms with Crippen LogP contribution in [0.4, 0.5) is 23.0 Å². The number of benzene rings is 3. The minimum Gasteiger partial charge on any atom is -0.497 e. The number of anilines is 4. The van der Waals surface area contributed by atoms with Crippen molar-refractivity contribution in [2.75, 3.05) is 48.8 Å². The van der Waals surface area contributed by atoms with Gasteiger partial charge in [-0.25, -0.2) is 9.97 Å². The number of nitrogens with zero attached hydrogens (tertiary/aromatic N) is 4. The van der Waals surface area contributed by atoms with E-state index < -0.39 is 0 Å². The zero-order valence-electron chi connectivity index (χ0n) is 21.9. The topological polar surface area (TPSA) is 99.7 Å². The SMILES string of the molecule is COc1ccc(N2CCN(C(=O)c3cccc(Nc4nccc(-c5ccc(NC(C)=O)cc5)n4)c3)CC2)cc1. The largest absolute Gasteiger partial charge is 0.497 e. The van der Waals surface area contributed by atoms with Crippen molar-refractivity contribution >= 4 is 34.8 Å². The lowest BCUT2D eigenvalue weighted by atomic mass is 10.1. The Morgan fingerprint density at radius 2 is 1.62 bits per heavy atom. The Hall–Kier alpha value is -4.92. The van der Waals surface area contributed by atoms with Crippen LogP contribution in [-0.2, 0) is 4.79 Å². The molecule has 198 valence electrons. The van der Waals surface area contributed by atoms with E-state index in [0.717, 1.165) is 47.2 Å². The normalized spacial score (nSPS) is 13.1. The number of hydrogen-bond donors (Lipinski definition) is 2. The predicted molar refractivity (Wildman–Crippen MR) is 153 cm³/mol. The van der Waals surface area contributed by atoms with Gasteiger partial charge in [-0.1, -0.05) is 18.2 Å². The molecule has 4 aromatic rings. The second-order valence-corrected chi connectivity index (χ2v) is 9.21. The second kappa shape index (κ2) is 11.6. The van der Waals surface area contributed by atoms with E-state index in [9.17, 15) is 9.59 Å². The first kappa shape index (κ1) is 25.7.